The monoisotopic (exact) mass is 370 g/mol. The molecule has 1 saturated heterocycles. The number of pyridine rings is 1. The van der Waals surface area contributed by atoms with Crippen LogP contribution in [0.4, 0.5) is 0 Å². The Kier molecular flexibility index (Phi) is 6.24. The average Bonchev–Trinajstić information content (AvgIpc) is 3.08. The van der Waals surface area contributed by atoms with Gasteiger partial charge in [0, 0.05) is 38.6 Å². The van der Waals surface area contributed by atoms with E-state index in [-0.39, 0.29) is 18.2 Å². The molecule has 144 valence electrons. The van der Waals surface area contributed by atoms with Crippen LogP contribution in [-0.4, -0.2) is 52.3 Å². The SMILES string of the molecule is CCN(Cc1cccnc1)C(=O)CC1C(=O)NCCN1Cc1ccc(C)o1. The van der Waals surface area contributed by atoms with Gasteiger partial charge in [0.05, 0.1) is 19.0 Å². The fraction of sp³-hybridized carbons (Fsp3) is 0.450. The summed E-state index contributed by atoms with van der Waals surface area (Å²) in [5.41, 5.74) is 0.976. The Bertz CT molecular complexity index is 775. The van der Waals surface area contributed by atoms with Crippen LogP contribution in [0.25, 0.3) is 0 Å². The number of aryl methyl sites for hydroxylation is 1. The Morgan fingerprint density at radius 2 is 2.26 bits per heavy atom. The van der Waals surface area contributed by atoms with Crippen molar-refractivity contribution in [3.05, 3.63) is 53.7 Å². The van der Waals surface area contributed by atoms with E-state index in [1.165, 1.54) is 0 Å². The summed E-state index contributed by atoms with van der Waals surface area (Å²) in [6.45, 7) is 6.71. The molecule has 0 radical (unpaired) electrons. The summed E-state index contributed by atoms with van der Waals surface area (Å²) in [4.78, 5) is 33.2. The molecule has 3 heterocycles. The molecule has 0 aromatic carbocycles. The lowest BCUT2D eigenvalue weighted by atomic mass is 10.1. The second-order valence-electron chi connectivity index (χ2n) is 6.76. The molecule has 27 heavy (non-hydrogen) atoms. The number of furan rings is 1. The van der Waals surface area contributed by atoms with Gasteiger partial charge in [-0.1, -0.05) is 6.07 Å². The third kappa shape index (κ3) is 4.95. The molecule has 1 N–H and O–H groups in total. The zero-order valence-electron chi connectivity index (χ0n) is 15.9. The lowest BCUT2D eigenvalue weighted by Gasteiger charge is -2.35. The van der Waals surface area contributed by atoms with E-state index in [4.69, 9.17) is 4.42 Å². The second-order valence-corrected chi connectivity index (χ2v) is 6.76. The van der Waals surface area contributed by atoms with Gasteiger partial charge in [0.25, 0.3) is 0 Å². The highest BCUT2D eigenvalue weighted by atomic mass is 16.3. The molecule has 2 aromatic rings. The maximum Gasteiger partial charge on any atom is 0.237 e. The van der Waals surface area contributed by atoms with Gasteiger partial charge in [-0.05, 0) is 37.6 Å². The van der Waals surface area contributed by atoms with E-state index in [1.807, 2.05) is 43.0 Å². The molecular formula is C20H26N4O3. The summed E-state index contributed by atoms with van der Waals surface area (Å²) in [5.74, 6) is 1.51. The first kappa shape index (κ1) is 19.1. The van der Waals surface area contributed by atoms with Crippen LogP contribution < -0.4 is 5.32 Å². The fourth-order valence-corrected chi connectivity index (χ4v) is 3.33. The third-order valence-electron chi connectivity index (χ3n) is 4.80. The third-order valence-corrected chi connectivity index (χ3v) is 4.80. The Labute approximate surface area is 159 Å². The first-order chi connectivity index (χ1) is 13.1. The van der Waals surface area contributed by atoms with E-state index in [1.54, 1.807) is 17.3 Å². The molecule has 1 aliphatic rings. The predicted octanol–water partition coefficient (Wildman–Crippen LogP) is 1.72. The summed E-state index contributed by atoms with van der Waals surface area (Å²) in [6.07, 6.45) is 3.62. The maximum absolute atomic E-state index is 12.9. The molecule has 2 aromatic heterocycles. The lowest BCUT2D eigenvalue weighted by molar-refractivity contribution is -0.139. The van der Waals surface area contributed by atoms with Crippen LogP contribution in [0.3, 0.4) is 0 Å². The molecule has 3 rings (SSSR count). The highest BCUT2D eigenvalue weighted by Gasteiger charge is 2.33. The lowest BCUT2D eigenvalue weighted by Crippen LogP contribution is -2.56. The molecule has 0 saturated carbocycles. The number of hydrogen-bond acceptors (Lipinski definition) is 5. The van der Waals surface area contributed by atoms with Crippen molar-refractivity contribution in [2.24, 2.45) is 0 Å². The Balaban J connectivity index is 1.67. The number of rotatable bonds is 7. The van der Waals surface area contributed by atoms with Gasteiger partial charge in [0.1, 0.15) is 11.5 Å². The Morgan fingerprint density at radius 1 is 1.41 bits per heavy atom. The van der Waals surface area contributed by atoms with Gasteiger partial charge in [-0.2, -0.15) is 0 Å². The van der Waals surface area contributed by atoms with Crippen LogP contribution in [0.2, 0.25) is 0 Å². The molecular weight excluding hydrogens is 344 g/mol. The average molecular weight is 370 g/mol. The molecule has 0 aliphatic carbocycles. The van der Waals surface area contributed by atoms with E-state index in [9.17, 15) is 9.59 Å². The number of carbonyl (C=O) groups excluding carboxylic acids is 2. The van der Waals surface area contributed by atoms with Gasteiger partial charge in [-0.3, -0.25) is 19.5 Å². The molecule has 7 heteroatoms. The van der Waals surface area contributed by atoms with Crippen molar-refractivity contribution < 1.29 is 14.0 Å². The van der Waals surface area contributed by atoms with E-state index in [0.717, 1.165) is 17.1 Å². The molecule has 0 bridgehead atoms. The smallest absolute Gasteiger partial charge is 0.237 e. The van der Waals surface area contributed by atoms with Crippen molar-refractivity contribution in [1.29, 1.82) is 0 Å². The predicted molar refractivity (Wildman–Crippen MR) is 101 cm³/mol. The van der Waals surface area contributed by atoms with Crippen molar-refractivity contribution in [2.45, 2.75) is 39.4 Å². The zero-order chi connectivity index (χ0) is 19.2. The van der Waals surface area contributed by atoms with E-state index in [2.05, 4.69) is 10.3 Å². The van der Waals surface area contributed by atoms with Gasteiger partial charge < -0.3 is 14.6 Å². The standard InChI is InChI=1S/C20H26N4O3/c1-3-23(13-16-5-4-8-21-12-16)19(25)11-18-20(26)22-9-10-24(18)14-17-7-6-15(2)27-17/h4-8,12,18H,3,9-11,13-14H2,1-2H3,(H,22,26). The number of piperazine rings is 1. The quantitative estimate of drug-likeness (QED) is 0.803. The summed E-state index contributed by atoms with van der Waals surface area (Å²) in [6, 6.07) is 7.14. The number of nitrogens with zero attached hydrogens (tertiary/aromatic N) is 3. The van der Waals surface area contributed by atoms with E-state index >= 15 is 0 Å². The number of hydrogen-bond donors (Lipinski definition) is 1. The fourth-order valence-electron chi connectivity index (χ4n) is 3.33. The number of nitrogens with one attached hydrogen (secondary N) is 1. The van der Waals surface area contributed by atoms with Crippen LogP contribution >= 0.6 is 0 Å². The normalized spacial score (nSPS) is 17.6. The number of carbonyl (C=O) groups is 2. The zero-order valence-corrected chi connectivity index (χ0v) is 15.9. The van der Waals surface area contributed by atoms with Crippen molar-refractivity contribution in [3.63, 3.8) is 0 Å². The van der Waals surface area contributed by atoms with Gasteiger partial charge in [-0.15, -0.1) is 0 Å². The second kappa shape index (κ2) is 8.81. The first-order valence-electron chi connectivity index (χ1n) is 9.30. The highest BCUT2D eigenvalue weighted by Crippen LogP contribution is 2.17. The van der Waals surface area contributed by atoms with Crippen molar-refractivity contribution in [1.82, 2.24) is 20.1 Å². The summed E-state index contributed by atoms with van der Waals surface area (Å²) >= 11 is 0. The molecule has 1 unspecified atom stereocenters. The minimum Gasteiger partial charge on any atom is -0.465 e. The number of aromatic nitrogens is 1. The maximum atomic E-state index is 12.9. The van der Waals surface area contributed by atoms with Crippen LogP contribution in [0, 0.1) is 6.92 Å². The van der Waals surface area contributed by atoms with Crippen LogP contribution in [-0.2, 0) is 22.7 Å². The minimum absolute atomic E-state index is 0.0379. The van der Waals surface area contributed by atoms with Crippen LogP contribution in [0.5, 0.6) is 0 Å². The van der Waals surface area contributed by atoms with E-state index < -0.39 is 6.04 Å². The topological polar surface area (TPSA) is 78.7 Å². The number of amides is 2. The molecule has 1 aliphatic heterocycles. The first-order valence-corrected chi connectivity index (χ1v) is 9.30. The summed E-state index contributed by atoms with van der Waals surface area (Å²) in [5, 5.41) is 2.87. The van der Waals surface area contributed by atoms with Crippen LogP contribution in [0.15, 0.2) is 41.1 Å². The van der Waals surface area contributed by atoms with Crippen molar-refractivity contribution >= 4 is 11.8 Å². The largest absolute Gasteiger partial charge is 0.465 e. The molecule has 0 spiro atoms. The molecule has 2 amide bonds. The Hall–Kier alpha value is -2.67. The van der Waals surface area contributed by atoms with Crippen molar-refractivity contribution in [3.8, 4) is 0 Å². The van der Waals surface area contributed by atoms with Crippen molar-refractivity contribution in [2.75, 3.05) is 19.6 Å². The molecule has 1 atom stereocenters. The van der Waals surface area contributed by atoms with Gasteiger partial charge >= 0.3 is 0 Å². The van der Waals surface area contributed by atoms with Crippen LogP contribution in [0.1, 0.15) is 30.4 Å². The van der Waals surface area contributed by atoms with E-state index in [0.29, 0.717) is 32.7 Å². The van der Waals surface area contributed by atoms with Gasteiger partial charge in [0.15, 0.2) is 0 Å². The Morgan fingerprint density at radius 3 is 2.93 bits per heavy atom. The minimum atomic E-state index is -0.486. The van der Waals surface area contributed by atoms with Gasteiger partial charge in [0.2, 0.25) is 11.8 Å². The highest BCUT2D eigenvalue weighted by molar-refractivity contribution is 5.88. The molecule has 7 nitrogen and oxygen atoms in total. The molecule has 1 fully saturated rings. The summed E-state index contributed by atoms with van der Waals surface area (Å²) < 4.78 is 5.65. The van der Waals surface area contributed by atoms with Gasteiger partial charge in [-0.25, -0.2) is 0 Å². The summed E-state index contributed by atoms with van der Waals surface area (Å²) in [7, 11) is 0.